The highest BCUT2D eigenvalue weighted by molar-refractivity contribution is 9.09. The van der Waals surface area contributed by atoms with E-state index >= 15 is 0 Å². The maximum atomic E-state index is 12.4. The maximum Gasteiger partial charge on any atom is 0.416 e. The highest BCUT2D eigenvalue weighted by Crippen LogP contribution is 2.31. The van der Waals surface area contributed by atoms with Crippen LogP contribution in [-0.2, 0) is 12.6 Å². The highest BCUT2D eigenvalue weighted by atomic mass is 79.9. The summed E-state index contributed by atoms with van der Waals surface area (Å²) in [5.41, 5.74) is 0.514. The first-order valence-corrected chi connectivity index (χ1v) is 6.82. The van der Waals surface area contributed by atoms with Crippen molar-refractivity contribution in [2.75, 3.05) is 0 Å². The Balaban J connectivity index is 2.60. The fourth-order valence-electron chi connectivity index (χ4n) is 1.59. The second-order valence-electron chi connectivity index (χ2n) is 5.57. The van der Waals surface area contributed by atoms with E-state index in [1.807, 2.05) is 0 Å². The van der Waals surface area contributed by atoms with Crippen molar-refractivity contribution in [1.82, 2.24) is 0 Å². The molecule has 0 heterocycles. The molecule has 0 nitrogen and oxygen atoms in total. The van der Waals surface area contributed by atoms with Crippen molar-refractivity contribution in [3.05, 3.63) is 35.4 Å². The summed E-state index contributed by atoms with van der Waals surface area (Å²) in [6.07, 6.45) is -2.55. The lowest BCUT2D eigenvalue weighted by Crippen LogP contribution is -2.20. The van der Waals surface area contributed by atoms with Crippen molar-refractivity contribution in [2.45, 2.75) is 44.6 Å². The van der Waals surface area contributed by atoms with E-state index in [-0.39, 0.29) is 5.41 Å². The quantitative estimate of drug-likeness (QED) is 0.649. The van der Waals surface area contributed by atoms with E-state index in [9.17, 15) is 13.2 Å². The van der Waals surface area contributed by atoms with Crippen LogP contribution >= 0.6 is 15.9 Å². The third-order valence-corrected chi connectivity index (χ3v) is 4.74. The minimum atomic E-state index is -4.25. The molecule has 0 amide bonds. The number of benzene rings is 1. The monoisotopic (exact) mass is 322 g/mol. The first kappa shape index (κ1) is 15.5. The summed E-state index contributed by atoms with van der Waals surface area (Å²) in [6.45, 7) is 6.41. The van der Waals surface area contributed by atoms with Gasteiger partial charge in [-0.1, -0.05) is 48.8 Å². The highest BCUT2D eigenvalue weighted by Gasteiger charge is 2.30. The van der Waals surface area contributed by atoms with Gasteiger partial charge in [0.2, 0.25) is 0 Å². The van der Waals surface area contributed by atoms with Crippen molar-refractivity contribution < 1.29 is 13.2 Å². The molecule has 4 heteroatoms. The number of alkyl halides is 4. The van der Waals surface area contributed by atoms with E-state index < -0.39 is 11.7 Å². The molecule has 1 rings (SSSR count). The van der Waals surface area contributed by atoms with E-state index in [1.165, 1.54) is 0 Å². The number of halogens is 4. The molecule has 0 bridgehead atoms. The second-order valence-corrected chi connectivity index (χ2v) is 6.67. The van der Waals surface area contributed by atoms with Crippen molar-refractivity contribution in [3.63, 3.8) is 0 Å². The van der Waals surface area contributed by atoms with Crippen LogP contribution in [0.4, 0.5) is 13.2 Å². The van der Waals surface area contributed by atoms with Crippen LogP contribution in [0.25, 0.3) is 0 Å². The molecule has 1 aromatic carbocycles. The Morgan fingerprint density at radius 3 is 1.94 bits per heavy atom. The predicted octanol–water partition coefficient (Wildman–Crippen LogP) is 5.45. The Morgan fingerprint density at radius 1 is 1.06 bits per heavy atom. The van der Waals surface area contributed by atoms with Crippen molar-refractivity contribution in [2.24, 2.45) is 5.41 Å². The largest absolute Gasteiger partial charge is 0.416 e. The number of rotatable bonds is 3. The molecule has 0 saturated carbocycles. The fraction of sp³-hybridized carbons (Fsp3) is 0.571. The van der Waals surface area contributed by atoms with E-state index in [2.05, 4.69) is 36.7 Å². The zero-order valence-electron chi connectivity index (χ0n) is 10.8. The average Bonchev–Trinajstić information content (AvgIpc) is 2.24. The fourth-order valence-corrected chi connectivity index (χ4v) is 1.82. The lowest BCUT2D eigenvalue weighted by molar-refractivity contribution is -0.137. The number of hydrogen-bond acceptors (Lipinski definition) is 0. The van der Waals surface area contributed by atoms with Gasteiger partial charge in [-0.2, -0.15) is 13.2 Å². The van der Waals surface area contributed by atoms with Crippen molar-refractivity contribution in [3.8, 4) is 0 Å². The van der Waals surface area contributed by atoms with Crippen LogP contribution < -0.4 is 0 Å². The van der Waals surface area contributed by atoms with Gasteiger partial charge in [-0.25, -0.2) is 0 Å². The molecular weight excluding hydrogens is 305 g/mol. The molecule has 0 aliphatic heterocycles. The summed E-state index contributed by atoms with van der Waals surface area (Å²) < 4.78 is 37.1. The van der Waals surface area contributed by atoms with Crippen LogP contribution in [0.1, 0.15) is 38.3 Å². The third-order valence-electron chi connectivity index (χ3n) is 2.91. The van der Waals surface area contributed by atoms with Crippen LogP contribution in [0.5, 0.6) is 0 Å². The smallest absolute Gasteiger partial charge is 0.166 e. The standard InChI is InChI=1S/C14H18BrF3/c1-13(2,3)12(15)9-6-10-4-7-11(8-5-10)14(16,17)18/h4-5,7-8,12H,6,9H2,1-3H3. The molecule has 0 aromatic heterocycles. The van der Waals surface area contributed by atoms with Gasteiger partial charge >= 0.3 is 6.18 Å². The Bertz CT molecular complexity index is 374. The molecule has 0 radical (unpaired) electrons. The minimum Gasteiger partial charge on any atom is -0.166 e. The lowest BCUT2D eigenvalue weighted by Gasteiger charge is -2.25. The molecule has 0 spiro atoms. The molecule has 1 unspecified atom stereocenters. The topological polar surface area (TPSA) is 0 Å². The van der Waals surface area contributed by atoms with E-state index in [4.69, 9.17) is 0 Å². The number of hydrogen-bond donors (Lipinski definition) is 0. The maximum absolute atomic E-state index is 12.4. The summed E-state index contributed by atoms with van der Waals surface area (Å²) >= 11 is 3.62. The second kappa shape index (κ2) is 5.64. The molecule has 18 heavy (non-hydrogen) atoms. The third kappa shape index (κ3) is 4.63. The van der Waals surface area contributed by atoms with E-state index in [0.29, 0.717) is 4.83 Å². The zero-order chi connectivity index (χ0) is 14.0. The Kier molecular flexibility index (Phi) is 4.87. The predicted molar refractivity (Wildman–Crippen MR) is 71.9 cm³/mol. The van der Waals surface area contributed by atoms with Crippen molar-refractivity contribution in [1.29, 1.82) is 0 Å². The SMILES string of the molecule is CC(C)(C)C(Br)CCc1ccc(C(F)(F)F)cc1. The van der Waals surface area contributed by atoms with E-state index in [1.54, 1.807) is 12.1 Å². The van der Waals surface area contributed by atoms with Crippen molar-refractivity contribution >= 4 is 15.9 Å². The van der Waals surface area contributed by atoms with Gasteiger partial charge in [0.1, 0.15) is 0 Å². The summed E-state index contributed by atoms with van der Waals surface area (Å²) in [6, 6.07) is 5.42. The van der Waals surface area contributed by atoms with Gasteiger partial charge in [0.15, 0.2) is 0 Å². The van der Waals surface area contributed by atoms with Crippen LogP contribution in [0, 0.1) is 5.41 Å². The summed E-state index contributed by atoms with van der Waals surface area (Å²) in [5.74, 6) is 0. The van der Waals surface area contributed by atoms with Gasteiger partial charge in [0, 0.05) is 4.83 Å². The Hall–Kier alpha value is -0.510. The lowest BCUT2D eigenvalue weighted by atomic mass is 9.88. The van der Waals surface area contributed by atoms with Crippen LogP contribution in [0.15, 0.2) is 24.3 Å². The molecule has 1 aromatic rings. The first-order valence-electron chi connectivity index (χ1n) is 5.91. The van der Waals surface area contributed by atoms with Crippen LogP contribution in [0.2, 0.25) is 0 Å². The Labute approximate surface area is 115 Å². The molecule has 0 fully saturated rings. The first-order chi connectivity index (χ1) is 8.10. The van der Waals surface area contributed by atoms with E-state index in [0.717, 1.165) is 30.5 Å². The van der Waals surface area contributed by atoms with Gasteiger partial charge in [-0.15, -0.1) is 0 Å². The molecule has 1 atom stereocenters. The molecule has 0 aliphatic rings. The molecule has 0 N–H and O–H groups in total. The van der Waals surface area contributed by atoms with Gasteiger partial charge in [-0.3, -0.25) is 0 Å². The zero-order valence-corrected chi connectivity index (χ0v) is 12.4. The van der Waals surface area contributed by atoms with Gasteiger partial charge in [0.05, 0.1) is 5.56 Å². The molecule has 0 saturated heterocycles. The van der Waals surface area contributed by atoms with Gasteiger partial charge in [0.25, 0.3) is 0 Å². The molecular formula is C14H18BrF3. The van der Waals surface area contributed by atoms with Crippen LogP contribution in [-0.4, -0.2) is 4.83 Å². The summed E-state index contributed by atoms with van der Waals surface area (Å²) in [7, 11) is 0. The van der Waals surface area contributed by atoms with Gasteiger partial charge in [-0.05, 0) is 36.0 Å². The Morgan fingerprint density at radius 2 is 1.56 bits per heavy atom. The summed E-state index contributed by atoms with van der Waals surface area (Å²) in [5, 5.41) is 0. The normalized spacial score (nSPS) is 14.6. The summed E-state index contributed by atoms with van der Waals surface area (Å²) in [4.78, 5) is 0.354. The number of aryl methyl sites for hydroxylation is 1. The average molecular weight is 323 g/mol. The van der Waals surface area contributed by atoms with Crippen LogP contribution in [0.3, 0.4) is 0 Å². The minimum absolute atomic E-state index is 0.159. The molecule has 102 valence electrons. The van der Waals surface area contributed by atoms with Gasteiger partial charge < -0.3 is 0 Å². The molecule has 0 aliphatic carbocycles.